The summed E-state index contributed by atoms with van der Waals surface area (Å²) in [5.74, 6) is -1.19. The van der Waals surface area contributed by atoms with Gasteiger partial charge in [0.25, 0.3) is 0 Å². The summed E-state index contributed by atoms with van der Waals surface area (Å²) < 4.78 is 5.06. The molecule has 0 aromatic rings. The molecule has 0 aromatic carbocycles. The van der Waals surface area contributed by atoms with Gasteiger partial charge in [0.1, 0.15) is 0 Å². The molecule has 7 nitrogen and oxygen atoms in total. The van der Waals surface area contributed by atoms with Crippen LogP contribution in [0.15, 0.2) is 12.2 Å². The van der Waals surface area contributed by atoms with Gasteiger partial charge in [-0.3, -0.25) is 4.79 Å². The zero-order valence-corrected chi connectivity index (χ0v) is 13.3. The summed E-state index contributed by atoms with van der Waals surface area (Å²) in [7, 11) is 0. The number of aliphatic carboxylic acids is 1. The van der Waals surface area contributed by atoms with Crippen LogP contribution in [-0.4, -0.2) is 65.2 Å². The number of hydrogen-bond acceptors (Lipinski definition) is 4. The quantitative estimate of drug-likeness (QED) is 0.750. The Hall–Kier alpha value is -2.05. The fraction of sp³-hybridized carbons (Fsp3) is 0.688. The van der Waals surface area contributed by atoms with Gasteiger partial charge in [-0.15, -0.1) is 0 Å². The number of carboxylic acids is 1. The molecule has 0 radical (unpaired) electrons. The van der Waals surface area contributed by atoms with Gasteiger partial charge >= 0.3 is 12.1 Å². The van der Waals surface area contributed by atoms with Crippen LogP contribution in [0, 0.1) is 0 Å². The smallest absolute Gasteiger partial charge is 0.410 e. The molecule has 0 aromatic heterocycles. The van der Waals surface area contributed by atoms with Crippen LogP contribution in [0.3, 0.4) is 0 Å². The van der Waals surface area contributed by atoms with Crippen molar-refractivity contribution in [1.29, 1.82) is 0 Å². The van der Waals surface area contributed by atoms with Crippen molar-refractivity contribution in [2.24, 2.45) is 0 Å². The Morgan fingerprint density at radius 2 is 1.57 bits per heavy atom. The fourth-order valence-corrected chi connectivity index (χ4v) is 2.80. The predicted molar refractivity (Wildman–Crippen MR) is 82.9 cm³/mol. The Morgan fingerprint density at radius 1 is 1.00 bits per heavy atom. The third-order valence-corrected chi connectivity index (χ3v) is 4.16. The summed E-state index contributed by atoms with van der Waals surface area (Å²) in [5.41, 5.74) is 0. The topological polar surface area (TPSA) is 87.1 Å². The minimum atomic E-state index is -1.17. The van der Waals surface area contributed by atoms with E-state index in [1.807, 2.05) is 0 Å². The van der Waals surface area contributed by atoms with Gasteiger partial charge in [0.15, 0.2) is 0 Å². The molecule has 0 spiro atoms. The molecule has 2 fully saturated rings. The van der Waals surface area contributed by atoms with Crippen LogP contribution in [-0.2, 0) is 14.3 Å². The lowest BCUT2D eigenvalue weighted by atomic mass is 10.2. The second-order valence-electron chi connectivity index (χ2n) is 5.92. The molecule has 2 amide bonds. The predicted octanol–water partition coefficient (Wildman–Crippen LogP) is 1.63. The molecule has 7 heteroatoms. The van der Waals surface area contributed by atoms with Crippen LogP contribution in [0.2, 0.25) is 0 Å². The van der Waals surface area contributed by atoms with E-state index in [9.17, 15) is 14.4 Å². The molecule has 2 aliphatic heterocycles. The lowest BCUT2D eigenvalue weighted by Crippen LogP contribution is -2.35. The van der Waals surface area contributed by atoms with Crippen molar-refractivity contribution in [2.75, 3.05) is 26.2 Å². The molecule has 0 unspecified atom stereocenters. The highest BCUT2D eigenvalue weighted by Crippen LogP contribution is 2.13. The summed E-state index contributed by atoms with van der Waals surface area (Å²) in [6.07, 6.45) is 5.86. The zero-order valence-electron chi connectivity index (χ0n) is 13.3. The van der Waals surface area contributed by atoms with E-state index in [1.165, 1.54) is 11.0 Å². The number of carbonyl (C=O) groups excluding carboxylic acids is 2. The van der Waals surface area contributed by atoms with Crippen LogP contribution in [0.1, 0.15) is 38.5 Å². The van der Waals surface area contributed by atoms with Gasteiger partial charge in [0.2, 0.25) is 12.0 Å². The Labute approximate surface area is 135 Å². The number of ether oxygens (including phenoxy) is 1. The Bertz CT molecular complexity index is 465. The minimum Gasteiger partial charge on any atom is -0.479 e. The Balaban J connectivity index is 1.74. The van der Waals surface area contributed by atoms with Crippen molar-refractivity contribution in [3.05, 3.63) is 12.2 Å². The molecule has 0 bridgehead atoms. The van der Waals surface area contributed by atoms with Crippen molar-refractivity contribution in [2.45, 2.75) is 44.6 Å². The fourth-order valence-electron chi connectivity index (χ4n) is 2.80. The maximum atomic E-state index is 11.8. The maximum absolute atomic E-state index is 11.8. The van der Waals surface area contributed by atoms with E-state index in [0.717, 1.165) is 38.8 Å². The number of carboxylic acid groups (broad SMARTS) is 1. The molecule has 23 heavy (non-hydrogen) atoms. The van der Waals surface area contributed by atoms with E-state index in [0.29, 0.717) is 19.5 Å². The normalized spacial score (nSPS) is 19.3. The average molecular weight is 324 g/mol. The second kappa shape index (κ2) is 8.55. The van der Waals surface area contributed by atoms with Gasteiger partial charge in [-0.25, -0.2) is 9.59 Å². The maximum Gasteiger partial charge on any atom is 0.410 e. The van der Waals surface area contributed by atoms with Gasteiger partial charge in [0, 0.05) is 26.2 Å². The molecule has 0 aliphatic carbocycles. The summed E-state index contributed by atoms with van der Waals surface area (Å²) in [5, 5.41) is 9.15. The first-order valence-corrected chi connectivity index (χ1v) is 8.22. The standard InChI is InChI=1S/C16H24N2O5/c19-14(17-9-3-4-10-17)8-2-1-7-13(15(20)21)23-16(22)18-11-5-6-12-18/h2,8,13H,1,3-7,9-12H2,(H,20,21)/b8-2+/t13-/m0/s1. The van der Waals surface area contributed by atoms with Gasteiger partial charge in [-0.05, 0) is 44.6 Å². The van der Waals surface area contributed by atoms with Gasteiger partial charge in [-0.2, -0.15) is 0 Å². The molecule has 1 atom stereocenters. The highest BCUT2D eigenvalue weighted by atomic mass is 16.6. The molecule has 0 saturated carbocycles. The summed E-state index contributed by atoms with van der Waals surface area (Å²) >= 11 is 0. The Kier molecular flexibility index (Phi) is 6.43. The third kappa shape index (κ3) is 5.26. The van der Waals surface area contributed by atoms with Crippen LogP contribution < -0.4 is 0 Å². The van der Waals surface area contributed by atoms with Crippen LogP contribution in [0.4, 0.5) is 4.79 Å². The van der Waals surface area contributed by atoms with Crippen molar-refractivity contribution < 1.29 is 24.2 Å². The van der Waals surface area contributed by atoms with Crippen molar-refractivity contribution in [3.8, 4) is 0 Å². The molecule has 2 saturated heterocycles. The van der Waals surface area contributed by atoms with E-state index in [1.54, 1.807) is 11.0 Å². The molecule has 128 valence electrons. The number of allylic oxidation sites excluding steroid dienone is 1. The SMILES string of the molecule is O=C(O)[C@H](CC/C=C/C(=O)N1CCCC1)OC(=O)N1CCCC1. The molecular formula is C16H24N2O5. The van der Waals surface area contributed by atoms with E-state index in [-0.39, 0.29) is 12.3 Å². The minimum absolute atomic E-state index is 0.0385. The summed E-state index contributed by atoms with van der Waals surface area (Å²) in [6, 6.07) is 0. The largest absolute Gasteiger partial charge is 0.479 e. The number of amides is 2. The lowest BCUT2D eigenvalue weighted by Gasteiger charge is -2.19. The van der Waals surface area contributed by atoms with Gasteiger partial charge in [-0.1, -0.05) is 6.08 Å². The first-order chi connectivity index (χ1) is 11.1. The van der Waals surface area contributed by atoms with Crippen LogP contribution >= 0.6 is 0 Å². The van der Waals surface area contributed by atoms with Crippen molar-refractivity contribution >= 4 is 18.0 Å². The van der Waals surface area contributed by atoms with Gasteiger partial charge in [0.05, 0.1) is 0 Å². The number of carbonyl (C=O) groups is 3. The van der Waals surface area contributed by atoms with Crippen LogP contribution in [0.5, 0.6) is 0 Å². The van der Waals surface area contributed by atoms with Gasteiger partial charge < -0.3 is 19.6 Å². The summed E-state index contributed by atoms with van der Waals surface area (Å²) in [4.78, 5) is 38.1. The number of hydrogen-bond donors (Lipinski definition) is 1. The Morgan fingerprint density at radius 3 is 2.13 bits per heavy atom. The third-order valence-electron chi connectivity index (χ3n) is 4.16. The molecule has 2 heterocycles. The average Bonchev–Trinajstić information content (AvgIpc) is 3.22. The number of rotatable bonds is 6. The van der Waals surface area contributed by atoms with E-state index < -0.39 is 18.2 Å². The van der Waals surface area contributed by atoms with E-state index in [4.69, 9.17) is 9.84 Å². The van der Waals surface area contributed by atoms with Crippen LogP contribution in [0.25, 0.3) is 0 Å². The number of likely N-dealkylation sites (tertiary alicyclic amines) is 2. The van der Waals surface area contributed by atoms with E-state index in [2.05, 4.69) is 0 Å². The van der Waals surface area contributed by atoms with Crippen molar-refractivity contribution in [1.82, 2.24) is 9.80 Å². The molecule has 2 rings (SSSR count). The monoisotopic (exact) mass is 324 g/mol. The molecule has 2 aliphatic rings. The lowest BCUT2D eigenvalue weighted by molar-refractivity contribution is -0.147. The van der Waals surface area contributed by atoms with Crippen molar-refractivity contribution in [3.63, 3.8) is 0 Å². The highest BCUT2D eigenvalue weighted by Gasteiger charge is 2.26. The van der Waals surface area contributed by atoms with E-state index >= 15 is 0 Å². The first kappa shape index (κ1) is 17.3. The zero-order chi connectivity index (χ0) is 16.7. The summed E-state index contributed by atoms with van der Waals surface area (Å²) in [6.45, 7) is 2.81. The number of nitrogens with zero attached hydrogens (tertiary/aromatic N) is 2. The molecular weight excluding hydrogens is 300 g/mol. The second-order valence-corrected chi connectivity index (χ2v) is 5.92. The molecule has 1 N–H and O–H groups in total. The highest BCUT2D eigenvalue weighted by molar-refractivity contribution is 5.87. The first-order valence-electron chi connectivity index (χ1n) is 8.22.